The fraction of sp³-hybridized carbons (Fsp3) is 0.591. The number of nitrogens with one attached hydrogen (secondary N) is 1. The minimum atomic E-state index is -3.54. The van der Waals surface area contributed by atoms with E-state index in [0.717, 1.165) is 32.1 Å². The van der Waals surface area contributed by atoms with E-state index >= 15 is 0 Å². The van der Waals surface area contributed by atoms with Crippen molar-refractivity contribution >= 4 is 16.0 Å². The summed E-state index contributed by atoms with van der Waals surface area (Å²) in [7, 11) is -3.54. The van der Waals surface area contributed by atoms with Gasteiger partial charge in [0.1, 0.15) is 0 Å². The van der Waals surface area contributed by atoms with E-state index in [2.05, 4.69) is 30.7 Å². The van der Waals surface area contributed by atoms with Gasteiger partial charge in [0, 0.05) is 12.0 Å². The topological polar surface area (TPSA) is 83.5 Å². The molecule has 3 unspecified atom stereocenters. The molecular formula is C22H31NO4S. The van der Waals surface area contributed by atoms with Crippen LogP contribution in [0, 0.1) is 17.3 Å². The van der Waals surface area contributed by atoms with Crippen LogP contribution in [0.4, 0.5) is 0 Å². The number of sulfonamides is 1. The highest BCUT2D eigenvalue weighted by Gasteiger charge is 2.64. The third-order valence-electron chi connectivity index (χ3n) is 6.88. The predicted molar refractivity (Wildman–Crippen MR) is 109 cm³/mol. The summed E-state index contributed by atoms with van der Waals surface area (Å²) in [5.74, 6) is 0.238. The van der Waals surface area contributed by atoms with Gasteiger partial charge in [0.25, 0.3) is 0 Å². The van der Waals surface area contributed by atoms with Crippen molar-refractivity contribution in [2.75, 3.05) is 0 Å². The second kappa shape index (κ2) is 7.99. The standard InChI is InChI=1S/C22H31NO4S/c1-21(2)18-14-17(10-6-3-4-9-13-20(24)25)15-22(21,16-18)23-28(26,27)19-11-7-5-8-12-19/h3,5-8,11-12,17-18,23H,4,9-10,13-16H2,1-2H3,(H,24,25). The largest absolute Gasteiger partial charge is 0.481 e. The number of benzene rings is 1. The number of carboxylic acid groups (broad SMARTS) is 1. The zero-order valence-corrected chi connectivity index (χ0v) is 17.5. The molecule has 0 spiro atoms. The molecule has 154 valence electrons. The number of rotatable bonds is 9. The fourth-order valence-corrected chi connectivity index (χ4v) is 6.57. The van der Waals surface area contributed by atoms with E-state index in [-0.39, 0.29) is 17.4 Å². The summed E-state index contributed by atoms with van der Waals surface area (Å²) >= 11 is 0. The van der Waals surface area contributed by atoms with E-state index in [1.54, 1.807) is 24.3 Å². The van der Waals surface area contributed by atoms with Crippen LogP contribution in [-0.2, 0) is 14.8 Å². The molecule has 3 aliphatic carbocycles. The zero-order chi connectivity index (χ0) is 20.4. The average Bonchev–Trinajstić information content (AvgIpc) is 2.64. The molecule has 4 rings (SSSR count). The Kier molecular flexibility index (Phi) is 6.01. The number of carboxylic acids is 1. The smallest absolute Gasteiger partial charge is 0.303 e. The Balaban J connectivity index is 1.63. The fourth-order valence-electron chi connectivity index (χ4n) is 4.99. The van der Waals surface area contributed by atoms with Crippen LogP contribution in [0.15, 0.2) is 47.4 Å². The van der Waals surface area contributed by atoms with E-state index in [1.165, 1.54) is 0 Å². The molecule has 3 saturated carbocycles. The zero-order valence-electron chi connectivity index (χ0n) is 16.7. The number of unbranched alkanes of at least 4 members (excludes halogenated alkanes) is 1. The normalized spacial score (nSPS) is 28.8. The number of hydrogen-bond donors (Lipinski definition) is 2. The van der Waals surface area contributed by atoms with Gasteiger partial charge in [-0.15, -0.1) is 0 Å². The van der Waals surface area contributed by atoms with Crippen molar-refractivity contribution in [2.24, 2.45) is 17.3 Å². The first-order valence-electron chi connectivity index (χ1n) is 10.1. The molecule has 3 aliphatic rings. The molecule has 0 heterocycles. The van der Waals surface area contributed by atoms with Gasteiger partial charge < -0.3 is 5.11 Å². The maximum atomic E-state index is 12.9. The monoisotopic (exact) mass is 405 g/mol. The SMILES string of the molecule is CC1(C)C2CC(CC=CCCCC(=O)O)CC1(NS(=O)(=O)c1ccccc1)C2. The molecule has 28 heavy (non-hydrogen) atoms. The maximum absolute atomic E-state index is 12.9. The molecule has 0 radical (unpaired) electrons. The summed E-state index contributed by atoms with van der Waals surface area (Å²) in [5.41, 5.74) is -0.428. The summed E-state index contributed by atoms with van der Waals surface area (Å²) in [5, 5.41) is 8.68. The quantitative estimate of drug-likeness (QED) is 0.472. The van der Waals surface area contributed by atoms with Crippen LogP contribution >= 0.6 is 0 Å². The van der Waals surface area contributed by atoms with Gasteiger partial charge in [-0.3, -0.25) is 4.79 Å². The van der Waals surface area contributed by atoms with Crippen molar-refractivity contribution in [1.82, 2.24) is 4.72 Å². The second-order valence-corrected chi connectivity index (χ2v) is 10.6. The van der Waals surface area contributed by atoms with Gasteiger partial charge in [0.05, 0.1) is 4.90 Å². The molecule has 2 bridgehead atoms. The van der Waals surface area contributed by atoms with Gasteiger partial charge in [-0.25, -0.2) is 13.1 Å². The van der Waals surface area contributed by atoms with Crippen molar-refractivity contribution in [3.63, 3.8) is 0 Å². The van der Waals surface area contributed by atoms with Crippen LogP contribution in [0.2, 0.25) is 0 Å². The van der Waals surface area contributed by atoms with Crippen LogP contribution in [0.25, 0.3) is 0 Å². The number of fused-ring (bicyclic) bond motifs is 2. The first kappa shape index (κ1) is 21.1. The lowest BCUT2D eigenvalue weighted by molar-refractivity contribution is -0.137. The Morgan fingerprint density at radius 3 is 2.57 bits per heavy atom. The molecule has 6 heteroatoms. The Morgan fingerprint density at radius 1 is 1.21 bits per heavy atom. The van der Waals surface area contributed by atoms with Crippen LogP contribution in [-0.4, -0.2) is 25.0 Å². The molecule has 0 aromatic heterocycles. The van der Waals surface area contributed by atoms with E-state index < -0.39 is 16.0 Å². The number of hydrogen-bond acceptors (Lipinski definition) is 3. The van der Waals surface area contributed by atoms with Gasteiger partial charge in [0.2, 0.25) is 10.0 Å². The predicted octanol–water partition coefficient (Wildman–Crippen LogP) is 4.36. The van der Waals surface area contributed by atoms with Gasteiger partial charge >= 0.3 is 5.97 Å². The van der Waals surface area contributed by atoms with Crippen LogP contribution in [0.5, 0.6) is 0 Å². The molecule has 3 atom stereocenters. The van der Waals surface area contributed by atoms with Crippen LogP contribution in [0.1, 0.15) is 58.8 Å². The van der Waals surface area contributed by atoms with Crippen molar-refractivity contribution in [3.8, 4) is 0 Å². The summed E-state index contributed by atoms with van der Waals surface area (Å²) < 4.78 is 29.0. The van der Waals surface area contributed by atoms with Gasteiger partial charge in [0.15, 0.2) is 0 Å². The number of carbonyl (C=O) groups is 1. The van der Waals surface area contributed by atoms with Crippen molar-refractivity contribution in [1.29, 1.82) is 0 Å². The van der Waals surface area contributed by atoms with E-state index in [4.69, 9.17) is 5.11 Å². The lowest BCUT2D eigenvalue weighted by Gasteiger charge is -2.67. The van der Waals surface area contributed by atoms with E-state index in [0.29, 0.717) is 23.2 Å². The molecule has 0 aliphatic heterocycles. The molecule has 0 saturated heterocycles. The van der Waals surface area contributed by atoms with Crippen molar-refractivity contribution in [2.45, 2.75) is 69.2 Å². The minimum absolute atomic E-state index is 0.0451. The average molecular weight is 406 g/mol. The Labute approximate surface area is 168 Å². The lowest BCUT2D eigenvalue weighted by Crippen LogP contribution is -2.72. The molecular weight excluding hydrogens is 374 g/mol. The van der Waals surface area contributed by atoms with Crippen molar-refractivity contribution < 1.29 is 18.3 Å². The van der Waals surface area contributed by atoms with Crippen LogP contribution in [0.3, 0.4) is 0 Å². The number of aliphatic carboxylic acids is 1. The molecule has 5 nitrogen and oxygen atoms in total. The summed E-state index contributed by atoms with van der Waals surface area (Å²) in [6, 6.07) is 8.60. The lowest BCUT2D eigenvalue weighted by atomic mass is 9.42. The Morgan fingerprint density at radius 2 is 1.93 bits per heavy atom. The number of allylic oxidation sites excluding steroid dienone is 2. The summed E-state index contributed by atoms with van der Waals surface area (Å²) in [6.45, 7) is 4.37. The second-order valence-electron chi connectivity index (χ2n) is 8.92. The van der Waals surface area contributed by atoms with Gasteiger partial charge in [-0.05, 0) is 67.9 Å². The summed E-state index contributed by atoms with van der Waals surface area (Å²) in [6.07, 6.45) is 9.66. The van der Waals surface area contributed by atoms with E-state index in [9.17, 15) is 13.2 Å². The minimum Gasteiger partial charge on any atom is -0.481 e. The molecule has 1 aromatic carbocycles. The summed E-state index contributed by atoms with van der Waals surface area (Å²) in [4.78, 5) is 10.9. The van der Waals surface area contributed by atoms with Gasteiger partial charge in [-0.1, -0.05) is 44.2 Å². The van der Waals surface area contributed by atoms with Crippen LogP contribution < -0.4 is 4.72 Å². The highest BCUT2D eigenvalue weighted by atomic mass is 32.2. The molecule has 3 fully saturated rings. The van der Waals surface area contributed by atoms with Crippen molar-refractivity contribution in [3.05, 3.63) is 42.5 Å². The third kappa shape index (κ3) is 4.18. The third-order valence-corrected chi connectivity index (χ3v) is 8.44. The molecule has 2 N–H and O–H groups in total. The van der Waals surface area contributed by atoms with E-state index in [1.807, 2.05) is 6.07 Å². The first-order valence-corrected chi connectivity index (χ1v) is 11.6. The Hall–Kier alpha value is -1.66. The molecule has 0 amide bonds. The van der Waals surface area contributed by atoms with Gasteiger partial charge in [-0.2, -0.15) is 0 Å². The molecule has 1 aromatic rings. The highest BCUT2D eigenvalue weighted by Crippen LogP contribution is 2.64. The first-order chi connectivity index (χ1) is 13.2. The maximum Gasteiger partial charge on any atom is 0.303 e. The Bertz CT molecular complexity index is 831. The highest BCUT2D eigenvalue weighted by molar-refractivity contribution is 7.89.